The van der Waals surface area contributed by atoms with Crippen LogP contribution in [-0.4, -0.2) is 59.5 Å². The number of rotatable bonds is 4. The van der Waals surface area contributed by atoms with Crippen LogP contribution < -0.4 is 5.56 Å². The van der Waals surface area contributed by atoms with Gasteiger partial charge in [0.1, 0.15) is 15.5 Å². The molecule has 10 heteroatoms. The average Bonchev–Trinajstić information content (AvgIpc) is 3.01. The summed E-state index contributed by atoms with van der Waals surface area (Å²) in [6, 6.07) is 0. The summed E-state index contributed by atoms with van der Waals surface area (Å²) in [6.45, 7) is 3.75. The number of esters is 2. The summed E-state index contributed by atoms with van der Waals surface area (Å²) in [4.78, 5) is 57.5. The molecule has 1 amide bonds. The number of carbonyl (C=O) groups excluding carboxylic acids is 3. The fraction of sp³-hybridized carbons (Fsp3) is 0.500. The molecule has 0 saturated carbocycles. The third-order valence-corrected chi connectivity index (χ3v) is 5.98. The number of fused-ring (bicyclic) bond motifs is 1. The molecule has 1 saturated heterocycles. The minimum Gasteiger partial charge on any atom is -0.469 e. The molecule has 2 aromatic heterocycles. The van der Waals surface area contributed by atoms with Crippen molar-refractivity contribution in [2.75, 3.05) is 26.8 Å². The van der Waals surface area contributed by atoms with Gasteiger partial charge in [0.05, 0.1) is 18.4 Å². The van der Waals surface area contributed by atoms with Crippen LogP contribution >= 0.6 is 11.3 Å². The molecule has 1 aliphatic rings. The number of hydrogen-bond donors (Lipinski definition) is 1. The second-order valence-corrected chi connectivity index (χ2v) is 7.64. The Kier molecular flexibility index (Phi) is 5.78. The van der Waals surface area contributed by atoms with Gasteiger partial charge in [-0.2, -0.15) is 0 Å². The molecule has 3 heterocycles. The van der Waals surface area contributed by atoms with Gasteiger partial charge in [-0.25, -0.2) is 9.78 Å². The van der Waals surface area contributed by atoms with Crippen LogP contribution in [0.5, 0.6) is 0 Å². The monoisotopic (exact) mass is 407 g/mol. The van der Waals surface area contributed by atoms with Crippen molar-refractivity contribution in [3.05, 3.63) is 26.6 Å². The van der Waals surface area contributed by atoms with Crippen LogP contribution in [0.15, 0.2) is 4.79 Å². The van der Waals surface area contributed by atoms with Gasteiger partial charge in [-0.1, -0.05) is 0 Å². The first-order valence-corrected chi connectivity index (χ1v) is 9.66. The number of piperidine rings is 1. The number of aryl methyl sites for hydroxylation is 2. The predicted molar refractivity (Wildman–Crippen MR) is 101 cm³/mol. The number of nitrogens with zero attached hydrogens (tertiary/aromatic N) is 2. The van der Waals surface area contributed by atoms with E-state index in [0.717, 1.165) is 11.3 Å². The summed E-state index contributed by atoms with van der Waals surface area (Å²) in [7, 11) is 1.35. The summed E-state index contributed by atoms with van der Waals surface area (Å²) in [6.07, 6.45) is 1.05. The highest BCUT2D eigenvalue weighted by Crippen LogP contribution is 2.27. The SMILES string of the molecule is COC(=O)C1CCN(C(=O)COC(=O)c2sc3nc(C)[nH]c(=O)c3c2C)CC1. The van der Waals surface area contributed by atoms with Gasteiger partial charge in [-0.3, -0.25) is 14.4 Å². The van der Waals surface area contributed by atoms with E-state index in [9.17, 15) is 19.2 Å². The summed E-state index contributed by atoms with van der Waals surface area (Å²) in [5, 5.41) is 0.360. The largest absolute Gasteiger partial charge is 0.469 e. The van der Waals surface area contributed by atoms with Crippen LogP contribution in [0, 0.1) is 19.8 Å². The minimum atomic E-state index is -0.657. The number of carbonyl (C=O) groups is 3. The number of methoxy groups -OCH3 is 1. The number of aromatic nitrogens is 2. The van der Waals surface area contributed by atoms with E-state index < -0.39 is 12.6 Å². The van der Waals surface area contributed by atoms with Crippen LogP contribution in [0.25, 0.3) is 10.2 Å². The molecular weight excluding hydrogens is 386 g/mol. The normalized spacial score (nSPS) is 14.9. The molecule has 0 bridgehead atoms. The Bertz CT molecular complexity index is 987. The lowest BCUT2D eigenvalue weighted by Gasteiger charge is -2.30. The Balaban J connectivity index is 1.62. The molecule has 0 radical (unpaired) electrons. The molecule has 1 aliphatic heterocycles. The molecular formula is C18H21N3O6S. The highest BCUT2D eigenvalue weighted by Gasteiger charge is 2.28. The first-order chi connectivity index (χ1) is 13.3. The first-order valence-electron chi connectivity index (χ1n) is 8.84. The van der Waals surface area contributed by atoms with E-state index in [0.29, 0.717) is 47.5 Å². The molecule has 0 aromatic carbocycles. The van der Waals surface area contributed by atoms with Gasteiger partial charge in [0.25, 0.3) is 11.5 Å². The van der Waals surface area contributed by atoms with Gasteiger partial charge >= 0.3 is 11.9 Å². The molecule has 0 spiro atoms. The van der Waals surface area contributed by atoms with Crippen molar-refractivity contribution in [3.8, 4) is 0 Å². The molecule has 1 fully saturated rings. The van der Waals surface area contributed by atoms with E-state index in [1.807, 2.05) is 0 Å². The number of H-pyrrole nitrogens is 1. The zero-order valence-electron chi connectivity index (χ0n) is 15.9. The predicted octanol–water partition coefficient (Wildman–Crippen LogP) is 1.17. The molecule has 0 aliphatic carbocycles. The molecule has 9 nitrogen and oxygen atoms in total. The third kappa shape index (κ3) is 3.91. The number of nitrogens with one attached hydrogen (secondary N) is 1. The van der Waals surface area contributed by atoms with Crippen molar-refractivity contribution >= 4 is 39.4 Å². The molecule has 2 aromatic rings. The van der Waals surface area contributed by atoms with Crippen LogP contribution in [0.3, 0.4) is 0 Å². The van der Waals surface area contributed by atoms with Crippen molar-refractivity contribution in [1.82, 2.24) is 14.9 Å². The zero-order chi connectivity index (χ0) is 20.4. The quantitative estimate of drug-likeness (QED) is 0.756. The van der Waals surface area contributed by atoms with E-state index >= 15 is 0 Å². The van der Waals surface area contributed by atoms with Crippen molar-refractivity contribution in [2.45, 2.75) is 26.7 Å². The lowest BCUT2D eigenvalue weighted by Crippen LogP contribution is -2.42. The Morgan fingerprint density at radius 3 is 2.57 bits per heavy atom. The van der Waals surface area contributed by atoms with Crippen LogP contribution in [-0.2, 0) is 19.1 Å². The number of likely N-dealkylation sites (tertiary alicyclic amines) is 1. The maximum absolute atomic E-state index is 12.4. The van der Waals surface area contributed by atoms with E-state index in [4.69, 9.17) is 9.47 Å². The van der Waals surface area contributed by atoms with Crippen molar-refractivity contribution in [3.63, 3.8) is 0 Å². The Labute approximate surface area is 164 Å². The van der Waals surface area contributed by atoms with Gasteiger partial charge in [0.2, 0.25) is 0 Å². The molecule has 1 N–H and O–H groups in total. The van der Waals surface area contributed by atoms with Gasteiger partial charge in [0.15, 0.2) is 6.61 Å². The Morgan fingerprint density at radius 2 is 1.93 bits per heavy atom. The topological polar surface area (TPSA) is 119 Å². The maximum atomic E-state index is 12.4. The Hall–Kier alpha value is -2.75. The number of thiophene rings is 1. The maximum Gasteiger partial charge on any atom is 0.349 e. The van der Waals surface area contributed by atoms with Crippen molar-refractivity contribution < 1.29 is 23.9 Å². The second kappa shape index (κ2) is 8.09. The number of aromatic amines is 1. The number of hydrogen-bond acceptors (Lipinski definition) is 8. The molecule has 0 atom stereocenters. The number of ether oxygens (including phenoxy) is 2. The zero-order valence-corrected chi connectivity index (χ0v) is 16.7. The van der Waals surface area contributed by atoms with Crippen LogP contribution in [0.4, 0.5) is 0 Å². The van der Waals surface area contributed by atoms with Crippen LogP contribution in [0.2, 0.25) is 0 Å². The first kappa shape index (κ1) is 20.0. The standard InChI is InChI=1S/C18H21N3O6S/c1-9-13-15(23)19-10(2)20-16(13)28-14(9)18(25)27-8-12(22)21-6-4-11(5-7-21)17(24)26-3/h11H,4-8H2,1-3H3,(H,19,20,23). The van der Waals surface area contributed by atoms with Crippen molar-refractivity contribution in [1.29, 1.82) is 0 Å². The highest BCUT2D eigenvalue weighted by atomic mass is 32.1. The van der Waals surface area contributed by atoms with E-state index in [2.05, 4.69) is 9.97 Å². The lowest BCUT2D eigenvalue weighted by molar-refractivity contribution is -0.149. The summed E-state index contributed by atoms with van der Waals surface area (Å²) in [5.74, 6) is -0.980. The molecule has 150 valence electrons. The summed E-state index contributed by atoms with van der Waals surface area (Å²) in [5.41, 5.74) is 0.185. The van der Waals surface area contributed by atoms with E-state index in [1.54, 1.807) is 18.7 Å². The lowest BCUT2D eigenvalue weighted by atomic mass is 9.97. The Morgan fingerprint density at radius 1 is 1.25 bits per heavy atom. The summed E-state index contributed by atoms with van der Waals surface area (Å²) >= 11 is 1.07. The highest BCUT2D eigenvalue weighted by molar-refractivity contribution is 7.20. The smallest absolute Gasteiger partial charge is 0.349 e. The fourth-order valence-corrected chi connectivity index (χ4v) is 4.38. The van der Waals surface area contributed by atoms with Gasteiger partial charge in [-0.05, 0) is 32.3 Å². The van der Waals surface area contributed by atoms with E-state index in [-0.39, 0.29) is 28.2 Å². The summed E-state index contributed by atoms with van der Waals surface area (Å²) < 4.78 is 9.89. The van der Waals surface area contributed by atoms with E-state index in [1.165, 1.54) is 7.11 Å². The van der Waals surface area contributed by atoms with Gasteiger partial charge < -0.3 is 19.4 Å². The molecule has 0 unspecified atom stereocenters. The second-order valence-electron chi connectivity index (χ2n) is 6.64. The number of amides is 1. The third-order valence-electron chi connectivity index (χ3n) is 4.81. The molecule has 3 rings (SSSR count). The van der Waals surface area contributed by atoms with Gasteiger partial charge in [-0.15, -0.1) is 11.3 Å². The van der Waals surface area contributed by atoms with Crippen LogP contribution in [0.1, 0.15) is 33.9 Å². The van der Waals surface area contributed by atoms with Gasteiger partial charge in [0, 0.05) is 13.1 Å². The average molecular weight is 407 g/mol. The van der Waals surface area contributed by atoms with Crippen molar-refractivity contribution in [2.24, 2.45) is 5.92 Å². The molecule has 28 heavy (non-hydrogen) atoms. The minimum absolute atomic E-state index is 0.202. The fourth-order valence-electron chi connectivity index (χ4n) is 3.26.